The zero-order valence-corrected chi connectivity index (χ0v) is 19.5. The van der Waals surface area contributed by atoms with Crippen molar-refractivity contribution < 1.29 is 0 Å². The van der Waals surface area contributed by atoms with Crippen LogP contribution < -0.4 is 20.4 Å². The fraction of sp³-hybridized carbons (Fsp3) is 0.435. The number of hydrogen-bond acceptors (Lipinski definition) is 3. The zero-order chi connectivity index (χ0) is 19.2. The third-order valence-corrected chi connectivity index (χ3v) is 5.84. The van der Waals surface area contributed by atoms with E-state index >= 15 is 0 Å². The van der Waals surface area contributed by atoms with Crippen LogP contribution in [-0.4, -0.2) is 51.8 Å². The predicted molar refractivity (Wildman–Crippen MR) is 134 cm³/mol. The van der Waals surface area contributed by atoms with Crippen LogP contribution in [-0.2, 0) is 0 Å². The minimum Gasteiger partial charge on any atom is -0.371 e. The second-order valence-electron chi connectivity index (χ2n) is 7.80. The molecule has 5 nitrogen and oxygen atoms in total. The van der Waals surface area contributed by atoms with Gasteiger partial charge in [-0.15, -0.1) is 24.0 Å². The van der Waals surface area contributed by atoms with Crippen molar-refractivity contribution in [3.05, 3.63) is 60.7 Å². The molecule has 2 N–H and O–H groups in total. The molecule has 29 heavy (non-hydrogen) atoms. The summed E-state index contributed by atoms with van der Waals surface area (Å²) in [6.45, 7) is 5.33. The number of nitrogens with one attached hydrogen (secondary N) is 2. The number of hydrogen-bond donors (Lipinski definition) is 2. The molecule has 156 valence electrons. The Morgan fingerprint density at radius 3 is 2.10 bits per heavy atom. The molecular weight excluding hydrogens is 473 g/mol. The molecule has 2 unspecified atom stereocenters. The van der Waals surface area contributed by atoms with Crippen LogP contribution in [0.1, 0.15) is 12.8 Å². The Labute approximate surface area is 191 Å². The summed E-state index contributed by atoms with van der Waals surface area (Å²) in [5.41, 5.74) is 2.64. The van der Waals surface area contributed by atoms with Gasteiger partial charge in [-0.25, -0.2) is 0 Å². The van der Waals surface area contributed by atoms with Gasteiger partial charge in [0.1, 0.15) is 0 Å². The summed E-state index contributed by atoms with van der Waals surface area (Å²) in [4.78, 5) is 9.38. The first-order chi connectivity index (χ1) is 13.8. The van der Waals surface area contributed by atoms with Crippen molar-refractivity contribution in [3.8, 4) is 0 Å². The van der Waals surface area contributed by atoms with Gasteiger partial charge in [-0.05, 0) is 43.0 Å². The van der Waals surface area contributed by atoms with Crippen LogP contribution in [0.4, 0.5) is 11.4 Å². The molecule has 0 bridgehead atoms. The molecule has 4 rings (SSSR count). The minimum absolute atomic E-state index is 0. The Balaban J connectivity index is 0.00000240. The number of halogens is 1. The third kappa shape index (κ3) is 5.78. The van der Waals surface area contributed by atoms with Gasteiger partial charge in [0.15, 0.2) is 5.96 Å². The predicted octanol–water partition coefficient (Wildman–Crippen LogP) is 3.57. The number of anilines is 2. The topological polar surface area (TPSA) is 42.9 Å². The van der Waals surface area contributed by atoms with E-state index in [9.17, 15) is 0 Å². The lowest BCUT2D eigenvalue weighted by atomic mass is 10.1. The number of rotatable bonds is 5. The summed E-state index contributed by atoms with van der Waals surface area (Å²) < 4.78 is 0. The van der Waals surface area contributed by atoms with Gasteiger partial charge >= 0.3 is 0 Å². The summed E-state index contributed by atoms with van der Waals surface area (Å²) >= 11 is 0. The van der Waals surface area contributed by atoms with Gasteiger partial charge in [0.05, 0.1) is 0 Å². The van der Waals surface area contributed by atoms with Gasteiger partial charge in [-0.3, -0.25) is 4.99 Å². The van der Waals surface area contributed by atoms with E-state index in [0.29, 0.717) is 12.0 Å². The molecule has 0 aliphatic carbocycles. The van der Waals surface area contributed by atoms with Crippen molar-refractivity contribution in [2.75, 3.05) is 49.6 Å². The maximum Gasteiger partial charge on any atom is 0.191 e. The van der Waals surface area contributed by atoms with E-state index in [0.717, 1.165) is 45.1 Å². The first kappa shape index (κ1) is 21.7. The Hall–Kier alpha value is -1.96. The number of benzene rings is 2. The number of guanidine groups is 1. The lowest BCUT2D eigenvalue weighted by Crippen LogP contribution is -2.46. The highest BCUT2D eigenvalue weighted by molar-refractivity contribution is 14.0. The molecule has 2 atom stereocenters. The van der Waals surface area contributed by atoms with Crippen LogP contribution in [0.5, 0.6) is 0 Å². The van der Waals surface area contributed by atoms with Crippen molar-refractivity contribution >= 4 is 41.3 Å². The second-order valence-corrected chi connectivity index (χ2v) is 7.80. The van der Waals surface area contributed by atoms with Gasteiger partial charge in [-0.1, -0.05) is 36.4 Å². The van der Waals surface area contributed by atoms with Crippen molar-refractivity contribution in [1.29, 1.82) is 0 Å². The molecule has 2 aliphatic heterocycles. The van der Waals surface area contributed by atoms with Crippen LogP contribution in [0.25, 0.3) is 0 Å². The first-order valence-electron chi connectivity index (χ1n) is 10.4. The molecule has 2 saturated heterocycles. The summed E-state index contributed by atoms with van der Waals surface area (Å²) in [7, 11) is 1.87. The van der Waals surface area contributed by atoms with E-state index in [1.165, 1.54) is 17.8 Å². The van der Waals surface area contributed by atoms with Crippen LogP contribution in [0.15, 0.2) is 65.7 Å². The van der Waals surface area contributed by atoms with E-state index in [1.54, 1.807) is 0 Å². The monoisotopic (exact) mass is 505 g/mol. The maximum atomic E-state index is 4.45. The molecule has 2 aromatic carbocycles. The fourth-order valence-corrected chi connectivity index (χ4v) is 4.25. The Morgan fingerprint density at radius 2 is 1.48 bits per heavy atom. The van der Waals surface area contributed by atoms with Crippen LogP contribution in [0, 0.1) is 5.92 Å². The normalized spacial score (nSPS) is 21.8. The van der Waals surface area contributed by atoms with Gasteiger partial charge < -0.3 is 20.4 Å². The molecule has 2 heterocycles. The van der Waals surface area contributed by atoms with Crippen molar-refractivity contribution in [2.24, 2.45) is 10.9 Å². The van der Waals surface area contributed by atoms with E-state index < -0.39 is 0 Å². The molecule has 0 saturated carbocycles. The van der Waals surface area contributed by atoms with Crippen LogP contribution >= 0.6 is 24.0 Å². The van der Waals surface area contributed by atoms with Crippen molar-refractivity contribution in [1.82, 2.24) is 10.6 Å². The molecule has 2 aliphatic rings. The SMILES string of the molecule is CN=C(NCC1CCN(c2ccccc2)C1)NC1CCN(c2ccccc2)C1.I. The molecule has 0 radical (unpaired) electrons. The molecular formula is C23H32IN5. The Bertz CT molecular complexity index is 767. The minimum atomic E-state index is 0. The zero-order valence-electron chi connectivity index (χ0n) is 17.1. The summed E-state index contributed by atoms with van der Waals surface area (Å²) in [6, 6.07) is 21.8. The summed E-state index contributed by atoms with van der Waals surface area (Å²) in [5, 5.41) is 7.17. The highest BCUT2D eigenvalue weighted by Crippen LogP contribution is 2.23. The average molecular weight is 505 g/mol. The Morgan fingerprint density at radius 1 is 0.897 bits per heavy atom. The van der Waals surface area contributed by atoms with Crippen molar-refractivity contribution in [3.63, 3.8) is 0 Å². The van der Waals surface area contributed by atoms with Gasteiger partial charge in [0, 0.05) is 57.2 Å². The van der Waals surface area contributed by atoms with Crippen molar-refractivity contribution in [2.45, 2.75) is 18.9 Å². The largest absolute Gasteiger partial charge is 0.371 e. The van der Waals surface area contributed by atoms with E-state index in [4.69, 9.17) is 0 Å². The number of nitrogens with zero attached hydrogens (tertiary/aromatic N) is 3. The second kappa shape index (κ2) is 10.7. The van der Waals surface area contributed by atoms with Crippen LogP contribution in [0.3, 0.4) is 0 Å². The molecule has 0 amide bonds. The molecule has 2 aromatic rings. The Kier molecular flexibility index (Phi) is 8.03. The first-order valence-corrected chi connectivity index (χ1v) is 10.4. The third-order valence-electron chi connectivity index (χ3n) is 5.84. The highest BCUT2D eigenvalue weighted by atomic mass is 127. The van der Waals surface area contributed by atoms with E-state index in [1.807, 2.05) is 7.05 Å². The van der Waals surface area contributed by atoms with E-state index in [-0.39, 0.29) is 24.0 Å². The standard InChI is InChI=1S/C23H31N5.HI/c1-24-23(26-20-13-15-28(18-20)22-10-6-3-7-11-22)25-16-19-12-14-27(17-19)21-8-4-2-5-9-21;/h2-11,19-20H,12-18H2,1H3,(H2,24,25,26);1H. The lowest BCUT2D eigenvalue weighted by molar-refractivity contribution is 0.557. The van der Waals surface area contributed by atoms with Gasteiger partial charge in [0.25, 0.3) is 0 Å². The maximum absolute atomic E-state index is 4.45. The van der Waals surface area contributed by atoms with Gasteiger partial charge in [-0.2, -0.15) is 0 Å². The smallest absolute Gasteiger partial charge is 0.191 e. The summed E-state index contributed by atoms with van der Waals surface area (Å²) in [5.74, 6) is 1.58. The number of para-hydroxylation sites is 2. The fourth-order valence-electron chi connectivity index (χ4n) is 4.25. The van der Waals surface area contributed by atoms with E-state index in [2.05, 4.69) is 86.1 Å². The molecule has 0 aromatic heterocycles. The molecule has 2 fully saturated rings. The molecule has 0 spiro atoms. The lowest BCUT2D eigenvalue weighted by Gasteiger charge is -2.21. The number of aliphatic imine (C=N–C) groups is 1. The quantitative estimate of drug-likeness (QED) is 0.371. The average Bonchev–Trinajstić information content (AvgIpc) is 3.42. The highest BCUT2D eigenvalue weighted by Gasteiger charge is 2.25. The molecule has 6 heteroatoms. The summed E-state index contributed by atoms with van der Waals surface area (Å²) in [6.07, 6.45) is 2.37. The van der Waals surface area contributed by atoms with Crippen LogP contribution in [0.2, 0.25) is 0 Å². The van der Waals surface area contributed by atoms with Gasteiger partial charge in [0.2, 0.25) is 0 Å².